The lowest BCUT2D eigenvalue weighted by molar-refractivity contribution is 0.354. The van der Waals surface area contributed by atoms with Crippen LogP contribution in [0, 0.1) is 0 Å². The molecule has 0 N–H and O–H groups in total. The van der Waals surface area contributed by atoms with Gasteiger partial charge < -0.3 is 9.47 Å². The maximum Gasteiger partial charge on any atom is 0.161 e. The standard InChI is InChI=1S/C12H15ClO2/c1-14-10-4-3-9(7-11(10)15-2)12(8-13)5-6-12/h3-4,7H,5-6,8H2,1-2H3. The number of benzene rings is 1. The monoisotopic (exact) mass is 226 g/mol. The molecule has 0 heterocycles. The van der Waals surface area contributed by atoms with E-state index in [0.29, 0.717) is 5.88 Å². The van der Waals surface area contributed by atoms with Crippen LogP contribution in [0.25, 0.3) is 0 Å². The summed E-state index contributed by atoms with van der Waals surface area (Å²) < 4.78 is 10.5. The Morgan fingerprint density at radius 1 is 1.20 bits per heavy atom. The van der Waals surface area contributed by atoms with Crippen molar-refractivity contribution in [3.05, 3.63) is 23.8 Å². The minimum atomic E-state index is 0.196. The highest BCUT2D eigenvalue weighted by Crippen LogP contribution is 2.50. The fraction of sp³-hybridized carbons (Fsp3) is 0.500. The molecule has 3 heteroatoms. The Kier molecular flexibility index (Phi) is 2.79. The summed E-state index contributed by atoms with van der Waals surface area (Å²) in [7, 11) is 3.30. The molecule has 1 aliphatic carbocycles. The number of ether oxygens (including phenoxy) is 2. The molecular formula is C12H15ClO2. The van der Waals surface area contributed by atoms with Crippen molar-refractivity contribution >= 4 is 11.6 Å². The Morgan fingerprint density at radius 2 is 1.87 bits per heavy atom. The van der Waals surface area contributed by atoms with Crippen LogP contribution in [-0.2, 0) is 5.41 Å². The first-order valence-electron chi connectivity index (χ1n) is 5.04. The van der Waals surface area contributed by atoms with Crippen molar-refractivity contribution < 1.29 is 9.47 Å². The van der Waals surface area contributed by atoms with Gasteiger partial charge in [0.05, 0.1) is 14.2 Å². The molecule has 0 saturated heterocycles. The highest BCUT2D eigenvalue weighted by atomic mass is 35.5. The summed E-state index contributed by atoms with van der Waals surface area (Å²) >= 11 is 5.99. The van der Waals surface area contributed by atoms with Gasteiger partial charge in [-0.2, -0.15) is 0 Å². The van der Waals surface area contributed by atoms with Gasteiger partial charge in [0.2, 0.25) is 0 Å². The predicted molar refractivity (Wildman–Crippen MR) is 61.2 cm³/mol. The Bertz CT molecular complexity index is 359. The maximum absolute atomic E-state index is 5.99. The number of alkyl halides is 1. The molecule has 82 valence electrons. The van der Waals surface area contributed by atoms with Crippen LogP contribution in [-0.4, -0.2) is 20.1 Å². The zero-order chi connectivity index (χ0) is 10.9. The van der Waals surface area contributed by atoms with Crippen molar-refractivity contribution in [2.45, 2.75) is 18.3 Å². The summed E-state index contributed by atoms with van der Waals surface area (Å²) in [4.78, 5) is 0. The molecule has 0 bridgehead atoms. The van der Waals surface area contributed by atoms with Gasteiger partial charge in [0.15, 0.2) is 11.5 Å². The smallest absolute Gasteiger partial charge is 0.161 e. The topological polar surface area (TPSA) is 18.5 Å². The van der Waals surface area contributed by atoms with Crippen LogP contribution in [0.1, 0.15) is 18.4 Å². The van der Waals surface area contributed by atoms with Gasteiger partial charge in [-0.3, -0.25) is 0 Å². The van der Waals surface area contributed by atoms with E-state index in [2.05, 4.69) is 6.07 Å². The molecule has 0 spiro atoms. The maximum atomic E-state index is 5.99. The van der Waals surface area contributed by atoms with Crippen LogP contribution in [0.4, 0.5) is 0 Å². The van der Waals surface area contributed by atoms with E-state index < -0.39 is 0 Å². The number of halogens is 1. The summed E-state index contributed by atoms with van der Waals surface area (Å²) in [6.45, 7) is 0. The first-order valence-corrected chi connectivity index (χ1v) is 5.58. The second-order valence-electron chi connectivity index (χ2n) is 3.98. The van der Waals surface area contributed by atoms with Crippen LogP contribution in [0.15, 0.2) is 18.2 Å². The van der Waals surface area contributed by atoms with Gasteiger partial charge in [-0.1, -0.05) is 6.07 Å². The predicted octanol–water partition coefficient (Wildman–Crippen LogP) is 2.97. The summed E-state index contributed by atoms with van der Waals surface area (Å²) in [5.41, 5.74) is 1.45. The summed E-state index contributed by atoms with van der Waals surface area (Å²) in [5.74, 6) is 2.24. The zero-order valence-corrected chi connectivity index (χ0v) is 9.80. The van der Waals surface area contributed by atoms with Crippen molar-refractivity contribution in [1.29, 1.82) is 0 Å². The van der Waals surface area contributed by atoms with Gasteiger partial charge in [0, 0.05) is 11.3 Å². The molecule has 1 aromatic carbocycles. The molecule has 0 unspecified atom stereocenters. The molecule has 0 atom stereocenters. The average Bonchev–Trinajstić information content (AvgIpc) is 3.09. The van der Waals surface area contributed by atoms with E-state index in [0.717, 1.165) is 11.5 Å². The van der Waals surface area contributed by atoms with Crippen molar-refractivity contribution in [2.24, 2.45) is 0 Å². The molecule has 0 aliphatic heterocycles. The number of rotatable bonds is 4. The van der Waals surface area contributed by atoms with E-state index in [-0.39, 0.29) is 5.41 Å². The van der Waals surface area contributed by atoms with Crippen molar-refractivity contribution in [1.82, 2.24) is 0 Å². The van der Waals surface area contributed by atoms with Crippen LogP contribution in [0.5, 0.6) is 11.5 Å². The lowest BCUT2D eigenvalue weighted by Crippen LogP contribution is -2.08. The van der Waals surface area contributed by atoms with Gasteiger partial charge in [-0.05, 0) is 30.5 Å². The first-order chi connectivity index (χ1) is 7.25. The largest absolute Gasteiger partial charge is 0.493 e. The SMILES string of the molecule is COc1ccc(C2(CCl)CC2)cc1OC. The summed E-state index contributed by atoms with van der Waals surface area (Å²) in [6.07, 6.45) is 2.35. The van der Waals surface area contributed by atoms with Gasteiger partial charge in [0.25, 0.3) is 0 Å². The fourth-order valence-electron chi connectivity index (χ4n) is 1.82. The van der Waals surface area contributed by atoms with Crippen molar-refractivity contribution in [3.8, 4) is 11.5 Å². The molecule has 1 saturated carbocycles. The van der Waals surface area contributed by atoms with E-state index >= 15 is 0 Å². The summed E-state index contributed by atoms with van der Waals surface area (Å²) in [5, 5.41) is 0. The highest BCUT2D eigenvalue weighted by Gasteiger charge is 2.43. The van der Waals surface area contributed by atoms with E-state index in [1.807, 2.05) is 12.1 Å². The second kappa shape index (κ2) is 3.93. The minimum Gasteiger partial charge on any atom is -0.493 e. The average molecular weight is 227 g/mol. The quantitative estimate of drug-likeness (QED) is 0.735. The van der Waals surface area contributed by atoms with Crippen LogP contribution < -0.4 is 9.47 Å². The molecule has 1 fully saturated rings. The van der Waals surface area contributed by atoms with Crippen LogP contribution in [0.2, 0.25) is 0 Å². The lowest BCUT2D eigenvalue weighted by atomic mass is 9.98. The van der Waals surface area contributed by atoms with Crippen LogP contribution >= 0.6 is 11.6 Å². The minimum absolute atomic E-state index is 0.196. The van der Waals surface area contributed by atoms with Gasteiger partial charge >= 0.3 is 0 Å². The van der Waals surface area contributed by atoms with Crippen molar-refractivity contribution in [2.75, 3.05) is 20.1 Å². The molecule has 1 aliphatic rings. The van der Waals surface area contributed by atoms with Crippen molar-refractivity contribution in [3.63, 3.8) is 0 Å². The second-order valence-corrected chi connectivity index (χ2v) is 4.25. The Morgan fingerprint density at radius 3 is 2.33 bits per heavy atom. The van der Waals surface area contributed by atoms with Gasteiger partial charge in [-0.25, -0.2) is 0 Å². The molecule has 0 radical (unpaired) electrons. The fourth-order valence-corrected chi connectivity index (χ4v) is 2.24. The normalized spacial score (nSPS) is 17.3. The number of methoxy groups -OCH3 is 2. The Hall–Kier alpha value is -0.890. The Balaban J connectivity index is 2.35. The molecule has 2 rings (SSSR count). The van der Waals surface area contributed by atoms with Crippen LogP contribution in [0.3, 0.4) is 0 Å². The Labute approximate surface area is 95.1 Å². The molecule has 0 aromatic heterocycles. The van der Waals surface area contributed by atoms with E-state index in [1.165, 1.54) is 18.4 Å². The zero-order valence-electron chi connectivity index (χ0n) is 9.05. The lowest BCUT2D eigenvalue weighted by Gasteiger charge is -2.14. The third kappa shape index (κ3) is 1.78. The molecule has 0 amide bonds. The van der Waals surface area contributed by atoms with E-state index in [4.69, 9.17) is 21.1 Å². The molecule has 15 heavy (non-hydrogen) atoms. The number of hydrogen-bond acceptors (Lipinski definition) is 2. The van der Waals surface area contributed by atoms with Gasteiger partial charge in [-0.15, -0.1) is 11.6 Å². The van der Waals surface area contributed by atoms with E-state index in [9.17, 15) is 0 Å². The summed E-state index contributed by atoms with van der Waals surface area (Å²) in [6, 6.07) is 6.06. The molecule has 1 aromatic rings. The molecular weight excluding hydrogens is 212 g/mol. The first kappa shape index (κ1) is 10.6. The third-order valence-corrected chi connectivity index (χ3v) is 3.62. The molecule has 2 nitrogen and oxygen atoms in total. The number of hydrogen-bond donors (Lipinski definition) is 0. The highest BCUT2D eigenvalue weighted by molar-refractivity contribution is 6.19. The van der Waals surface area contributed by atoms with E-state index in [1.54, 1.807) is 14.2 Å². The van der Waals surface area contributed by atoms with Gasteiger partial charge in [0.1, 0.15) is 0 Å². The third-order valence-electron chi connectivity index (χ3n) is 3.11.